The second-order valence-electron chi connectivity index (χ2n) is 5.00. The van der Waals surface area contributed by atoms with Crippen molar-refractivity contribution >= 4 is 17.6 Å². The molecule has 0 bridgehead atoms. The second-order valence-corrected chi connectivity index (χ2v) is 5.00. The topological polar surface area (TPSA) is 52.6 Å². The van der Waals surface area contributed by atoms with Crippen molar-refractivity contribution in [2.45, 2.75) is 6.92 Å². The standard InChI is InChI=1S/C18H14O4/c1-12(19)11-21-14-7-8-15-16(10-14)22-17(18(15)20)9-13-5-3-2-4-6-13/h2-10H,11H2,1H3/b17-9-. The van der Waals surface area contributed by atoms with Crippen LogP contribution in [0.1, 0.15) is 22.8 Å². The number of Topliss-reactive ketones (excluding diaryl/α,β-unsaturated/α-hetero) is 2. The summed E-state index contributed by atoms with van der Waals surface area (Å²) in [4.78, 5) is 23.2. The van der Waals surface area contributed by atoms with Crippen molar-refractivity contribution in [3.63, 3.8) is 0 Å². The number of ketones is 2. The van der Waals surface area contributed by atoms with Crippen LogP contribution in [0.3, 0.4) is 0 Å². The van der Waals surface area contributed by atoms with Crippen molar-refractivity contribution in [3.05, 3.63) is 65.4 Å². The Morgan fingerprint density at radius 2 is 1.95 bits per heavy atom. The van der Waals surface area contributed by atoms with Gasteiger partial charge < -0.3 is 9.47 Å². The lowest BCUT2D eigenvalue weighted by molar-refractivity contribution is -0.118. The third-order valence-corrected chi connectivity index (χ3v) is 3.18. The molecule has 0 aromatic heterocycles. The Morgan fingerprint density at radius 1 is 1.18 bits per heavy atom. The highest BCUT2D eigenvalue weighted by Crippen LogP contribution is 2.34. The average molecular weight is 294 g/mol. The van der Waals surface area contributed by atoms with E-state index >= 15 is 0 Å². The van der Waals surface area contributed by atoms with Gasteiger partial charge in [-0.25, -0.2) is 0 Å². The van der Waals surface area contributed by atoms with Crippen molar-refractivity contribution in [1.82, 2.24) is 0 Å². The zero-order chi connectivity index (χ0) is 15.5. The Hall–Kier alpha value is -2.88. The zero-order valence-electron chi connectivity index (χ0n) is 12.0. The molecule has 0 unspecified atom stereocenters. The van der Waals surface area contributed by atoms with Crippen LogP contribution < -0.4 is 9.47 Å². The van der Waals surface area contributed by atoms with E-state index in [0.717, 1.165) is 5.56 Å². The van der Waals surface area contributed by atoms with Gasteiger partial charge in [0.25, 0.3) is 0 Å². The predicted octanol–water partition coefficient (Wildman–Crippen LogP) is 3.27. The van der Waals surface area contributed by atoms with Crippen molar-refractivity contribution in [3.8, 4) is 11.5 Å². The molecule has 0 spiro atoms. The molecule has 0 aliphatic carbocycles. The summed E-state index contributed by atoms with van der Waals surface area (Å²) in [6, 6.07) is 14.4. The summed E-state index contributed by atoms with van der Waals surface area (Å²) in [7, 11) is 0. The summed E-state index contributed by atoms with van der Waals surface area (Å²) >= 11 is 0. The Balaban J connectivity index is 1.84. The summed E-state index contributed by atoms with van der Waals surface area (Å²) in [6.07, 6.45) is 1.71. The highest BCUT2D eigenvalue weighted by atomic mass is 16.5. The highest BCUT2D eigenvalue weighted by molar-refractivity contribution is 6.14. The van der Waals surface area contributed by atoms with E-state index in [1.807, 2.05) is 30.3 Å². The van der Waals surface area contributed by atoms with Gasteiger partial charge in [0.1, 0.15) is 18.1 Å². The molecule has 0 radical (unpaired) electrons. The lowest BCUT2D eigenvalue weighted by Crippen LogP contribution is -2.06. The SMILES string of the molecule is CC(=O)COc1ccc2c(c1)O/C(=C\c1ccccc1)C2=O. The molecule has 1 heterocycles. The molecule has 0 fully saturated rings. The van der Waals surface area contributed by atoms with Gasteiger partial charge in [0.2, 0.25) is 5.78 Å². The van der Waals surface area contributed by atoms with Crippen LogP contribution in [0.15, 0.2) is 54.3 Å². The van der Waals surface area contributed by atoms with Gasteiger partial charge in [0, 0.05) is 6.07 Å². The molecule has 4 nitrogen and oxygen atoms in total. The monoisotopic (exact) mass is 294 g/mol. The summed E-state index contributed by atoms with van der Waals surface area (Å²) in [5, 5.41) is 0. The number of allylic oxidation sites excluding steroid dienone is 1. The molecule has 0 atom stereocenters. The van der Waals surface area contributed by atoms with Crippen LogP contribution in [0, 0.1) is 0 Å². The van der Waals surface area contributed by atoms with Crippen LogP contribution in [0.25, 0.3) is 6.08 Å². The van der Waals surface area contributed by atoms with E-state index in [2.05, 4.69) is 0 Å². The molecule has 1 aliphatic heterocycles. The molecule has 2 aromatic rings. The van der Waals surface area contributed by atoms with Gasteiger partial charge in [0.15, 0.2) is 11.5 Å². The van der Waals surface area contributed by atoms with E-state index in [1.54, 1.807) is 24.3 Å². The summed E-state index contributed by atoms with van der Waals surface area (Å²) < 4.78 is 10.9. The largest absolute Gasteiger partial charge is 0.486 e. The van der Waals surface area contributed by atoms with Gasteiger partial charge in [-0.05, 0) is 30.7 Å². The Bertz CT molecular complexity index is 760. The number of benzene rings is 2. The molecule has 0 N–H and O–H groups in total. The maximum Gasteiger partial charge on any atom is 0.231 e. The van der Waals surface area contributed by atoms with Gasteiger partial charge in [-0.2, -0.15) is 0 Å². The smallest absolute Gasteiger partial charge is 0.231 e. The Morgan fingerprint density at radius 3 is 2.68 bits per heavy atom. The minimum Gasteiger partial charge on any atom is -0.486 e. The third-order valence-electron chi connectivity index (χ3n) is 3.18. The molecule has 22 heavy (non-hydrogen) atoms. The number of hydrogen-bond donors (Lipinski definition) is 0. The molecular formula is C18H14O4. The number of hydrogen-bond acceptors (Lipinski definition) is 4. The lowest BCUT2D eigenvalue weighted by Gasteiger charge is -2.04. The fourth-order valence-electron chi connectivity index (χ4n) is 2.14. The maximum atomic E-state index is 12.3. The number of fused-ring (bicyclic) bond motifs is 1. The van der Waals surface area contributed by atoms with Gasteiger partial charge in [-0.15, -0.1) is 0 Å². The molecule has 110 valence electrons. The quantitative estimate of drug-likeness (QED) is 0.812. The van der Waals surface area contributed by atoms with Crippen molar-refractivity contribution in [2.24, 2.45) is 0 Å². The van der Waals surface area contributed by atoms with E-state index in [-0.39, 0.29) is 23.9 Å². The predicted molar refractivity (Wildman–Crippen MR) is 82.0 cm³/mol. The zero-order valence-corrected chi connectivity index (χ0v) is 12.0. The minimum absolute atomic E-state index is 0.000551. The Kier molecular flexibility index (Phi) is 3.74. The molecule has 4 heteroatoms. The molecule has 0 saturated heterocycles. The first-order valence-electron chi connectivity index (χ1n) is 6.89. The third kappa shape index (κ3) is 2.91. The molecule has 3 rings (SSSR count). The van der Waals surface area contributed by atoms with E-state index in [1.165, 1.54) is 6.92 Å². The van der Waals surface area contributed by atoms with E-state index < -0.39 is 0 Å². The highest BCUT2D eigenvalue weighted by Gasteiger charge is 2.27. The number of carbonyl (C=O) groups excluding carboxylic acids is 2. The maximum absolute atomic E-state index is 12.3. The number of ether oxygens (including phenoxy) is 2. The molecule has 2 aromatic carbocycles. The first kappa shape index (κ1) is 14.1. The van der Waals surface area contributed by atoms with Crippen molar-refractivity contribution in [1.29, 1.82) is 0 Å². The molecule has 0 amide bonds. The van der Waals surface area contributed by atoms with Gasteiger partial charge in [-0.3, -0.25) is 9.59 Å². The molecule has 0 saturated carbocycles. The van der Waals surface area contributed by atoms with Crippen LogP contribution in [0.4, 0.5) is 0 Å². The summed E-state index contributed by atoms with van der Waals surface area (Å²) in [5.41, 5.74) is 1.39. The van der Waals surface area contributed by atoms with Crippen LogP contribution >= 0.6 is 0 Å². The average Bonchev–Trinajstić information content (AvgIpc) is 2.82. The van der Waals surface area contributed by atoms with E-state index in [0.29, 0.717) is 17.1 Å². The first-order chi connectivity index (χ1) is 10.6. The molecular weight excluding hydrogens is 280 g/mol. The number of rotatable bonds is 4. The van der Waals surface area contributed by atoms with Crippen LogP contribution in [-0.2, 0) is 4.79 Å². The second kappa shape index (κ2) is 5.85. The number of carbonyl (C=O) groups is 2. The lowest BCUT2D eigenvalue weighted by atomic mass is 10.1. The van der Waals surface area contributed by atoms with Crippen LogP contribution in [-0.4, -0.2) is 18.2 Å². The molecule has 1 aliphatic rings. The van der Waals surface area contributed by atoms with Gasteiger partial charge in [-0.1, -0.05) is 30.3 Å². The van der Waals surface area contributed by atoms with Gasteiger partial charge >= 0.3 is 0 Å². The fraction of sp³-hybridized carbons (Fsp3) is 0.111. The minimum atomic E-state index is -0.156. The fourth-order valence-corrected chi connectivity index (χ4v) is 2.14. The van der Waals surface area contributed by atoms with Crippen LogP contribution in [0.5, 0.6) is 11.5 Å². The van der Waals surface area contributed by atoms with Crippen LogP contribution in [0.2, 0.25) is 0 Å². The van der Waals surface area contributed by atoms with Crippen molar-refractivity contribution in [2.75, 3.05) is 6.61 Å². The summed E-state index contributed by atoms with van der Waals surface area (Å²) in [5.74, 6) is 1.01. The van der Waals surface area contributed by atoms with Crippen molar-refractivity contribution < 1.29 is 19.1 Å². The first-order valence-corrected chi connectivity index (χ1v) is 6.89. The summed E-state index contributed by atoms with van der Waals surface area (Å²) in [6.45, 7) is 1.45. The normalized spacial score (nSPS) is 14.6. The Labute approximate surface area is 128 Å². The van der Waals surface area contributed by atoms with Gasteiger partial charge in [0.05, 0.1) is 5.56 Å². The van der Waals surface area contributed by atoms with E-state index in [4.69, 9.17) is 9.47 Å². The van der Waals surface area contributed by atoms with E-state index in [9.17, 15) is 9.59 Å².